The number of benzene rings is 1. The molecule has 3 aromatic rings. The van der Waals surface area contributed by atoms with E-state index in [2.05, 4.69) is 32.8 Å². The molecule has 0 spiro atoms. The fourth-order valence-electron chi connectivity index (χ4n) is 2.77. The predicted molar refractivity (Wildman–Crippen MR) is 89.1 cm³/mol. The number of para-hydroxylation sites is 2. The number of imidazole rings is 2. The van der Waals surface area contributed by atoms with Crippen molar-refractivity contribution in [2.24, 2.45) is 7.05 Å². The summed E-state index contributed by atoms with van der Waals surface area (Å²) < 4.78 is 4.14. The van der Waals surface area contributed by atoms with Crippen LogP contribution in [0.15, 0.2) is 30.5 Å². The molecule has 0 aliphatic heterocycles. The van der Waals surface area contributed by atoms with Crippen molar-refractivity contribution < 1.29 is 0 Å². The quantitative estimate of drug-likeness (QED) is 0.786. The number of nitrogens with one attached hydrogen (secondary N) is 1. The zero-order chi connectivity index (χ0) is 15.7. The number of halogens is 1. The van der Waals surface area contributed by atoms with Crippen LogP contribution in [-0.4, -0.2) is 25.6 Å². The first kappa shape index (κ1) is 15.1. The van der Waals surface area contributed by atoms with Gasteiger partial charge in [0.25, 0.3) is 0 Å². The van der Waals surface area contributed by atoms with Gasteiger partial charge in [0, 0.05) is 20.1 Å². The number of nitrogens with zero attached hydrogens (tertiary/aromatic N) is 4. The van der Waals surface area contributed by atoms with Crippen LogP contribution in [0.3, 0.4) is 0 Å². The minimum atomic E-state index is 0.146. The van der Waals surface area contributed by atoms with Gasteiger partial charge in [-0.15, -0.1) is 0 Å². The van der Waals surface area contributed by atoms with Crippen LogP contribution >= 0.6 is 11.6 Å². The minimum absolute atomic E-state index is 0.146. The minimum Gasteiger partial charge on any atom is -0.327 e. The highest BCUT2D eigenvalue weighted by molar-refractivity contribution is 6.29. The monoisotopic (exact) mass is 317 g/mol. The molecule has 0 saturated carbocycles. The molecule has 1 aromatic carbocycles. The van der Waals surface area contributed by atoms with E-state index in [4.69, 9.17) is 11.6 Å². The van der Waals surface area contributed by atoms with Gasteiger partial charge >= 0.3 is 0 Å². The molecule has 0 aliphatic carbocycles. The van der Waals surface area contributed by atoms with Crippen LogP contribution < -0.4 is 5.32 Å². The maximum Gasteiger partial charge on any atom is 0.128 e. The number of fused-ring (bicyclic) bond motifs is 1. The van der Waals surface area contributed by atoms with Crippen LogP contribution in [0, 0.1) is 6.92 Å². The summed E-state index contributed by atoms with van der Waals surface area (Å²) >= 11 is 6.04. The van der Waals surface area contributed by atoms with E-state index in [1.807, 2.05) is 36.7 Å². The van der Waals surface area contributed by atoms with Gasteiger partial charge in [-0.1, -0.05) is 23.7 Å². The Morgan fingerprint density at radius 1 is 1.32 bits per heavy atom. The number of aromatic nitrogens is 4. The molecule has 0 bridgehead atoms. The Morgan fingerprint density at radius 2 is 2.09 bits per heavy atom. The second-order valence-corrected chi connectivity index (χ2v) is 5.86. The van der Waals surface area contributed by atoms with Crippen molar-refractivity contribution in [1.82, 2.24) is 24.4 Å². The van der Waals surface area contributed by atoms with E-state index in [0.717, 1.165) is 30.3 Å². The van der Waals surface area contributed by atoms with E-state index in [9.17, 15) is 0 Å². The lowest BCUT2D eigenvalue weighted by Crippen LogP contribution is -2.25. The number of hydrogen-bond donors (Lipinski definition) is 1. The van der Waals surface area contributed by atoms with Crippen LogP contribution in [0.5, 0.6) is 0 Å². The van der Waals surface area contributed by atoms with Crippen molar-refractivity contribution in [3.63, 3.8) is 0 Å². The third-order valence-electron chi connectivity index (χ3n) is 3.99. The van der Waals surface area contributed by atoms with Crippen molar-refractivity contribution in [2.45, 2.75) is 26.4 Å². The van der Waals surface area contributed by atoms with Crippen molar-refractivity contribution in [2.75, 3.05) is 6.54 Å². The lowest BCUT2D eigenvalue weighted by molar-refractivity contribution is 0.502. The summed E-state index contributed by atoms with van der Waals surface area (Å²) in [6.07, 6.45) is 1.68. The van der Waals surface area contributed by atoms with Crippen molar-refractivity contribution >= 4 is 22.6 Å². The average Bonchev–Trinajstić information content (AvgIpc) is 3.00. The molecule has 1 N–H and O–H groups in total. The van der Waals surface area contributed by atoms with E-state index in [0.29, 0.717) is 5.15 Å². The Morgan fingerprint density at radius 3 is 2.82 bits per heavy atom. The van der Waals surface area contributed by atoms with E-state index < -0.39 is 0 Å². The maximum atomic E-state index is 6.04. The first-order valence-corrected chi connectivity index (χ1v) is 7.78. The Kier molecular flexibility index (Phi) is 4.18. The van der Waals surface area contributed by atoms with E-state index >= 15 is 0 Å². The van der Waals surface area contributed by atoms with Gasteiger partial charge < -0.3 is 14.5 Å². The summed E-state index contributed by atoms with van der Waals surface area (Å²) in [6, 6.07) is 8.37. The fraction of sp³-hybridized carbons (Fsp3) is 0.375. The van der Waals surface area contributed by atoms with Crippen LogP contribution in [0.1, 0.15) is 24.6 Å². The zero-order valence-corrected chi connectivity index (χ0v) is 13.8. The van der Waals surface area contributed by atoms with E-state index in [-0.39, 0.29) is 6.04 Å². The third kappa shape index (κ3) is 2.74. The van der Waals surface area contributed by atoms with Crippen LogP contribution in [0.2, 0.25) is 5.15 Å². The molecule has 0 unspecified atom stereocenters. The lowest BCUT2D eigenvalue weighted by Gasteiger charge is -2.15. The summed E-state index contributed by atoms with van der Waals surface area (Å²) in [5.41, 5.74) is 2.22. The van der Waals surface area contributed by atoms with Gasteiger partial charge in [0.2, 0.25) is 0 Å². The zero-order valence-electron chi connectivity index (χ0n) is 13.0. The molecule has 3 rings (SSSR count). The summed E-state index contributed by atoms with van der Waals surface area (Å²) in [5, 5.41) is 4.15. The highest BCUT2D eigenvalue weighted by atomic mass is 35.5. The van der Waals surface area contributed by atoms with Gasteiger partial charge in [0.15, 0.2) is 0 Å². The average molecular weight is 318 g/mol. The molecule has 0 fully saturated rings. The van der Waals surface area contributed by atoms with Gasteiger partial charge in [0.05, 0.1) is 23.3 Å². The topological polar surface area (TPSA) is 47.7 Å². The summed E-state index contributed by atoms with van der Waals surface area (Å²) in [5.74, 6) is 1.98. The Labute approximate surface area is 134 Å². The van der Waals surface area contributed by atoms with Crippen molar-refractivity contribution in [3.05, 3.63) is 47.3 Å². The third-order valence-corrected chi connectivity index (χ3v) is 4.34. The predicted octanol–water partition coefficient (Wildman–Crippen LogP) is 3.08. The highest BCUT2D eigenvalue weighted by Gasteiger charge is 2.12. The smallest absolute Gasteiger partial charge is 0.128 e. The number of aryl methyl sites for hydroxylation is 1. The van der Waals surface area contributed by atoms with Gasteiger partial charge in [-0.05, 0) is 26.0 Å². The molecule has 6 heteroatoms. The SMILES string of the molecule is Cc1nc2ccccc2n1CCN[C@@H](C)c1ncc(Cl)n1C. The van der Waals surface area contributed by atoms with Gasteiger partial charge in [-0.3, -0.25) is 0 Å². The van der Waals surface area contributed by atoms with Crippen LogP contribution in [-0.2, 0) is 13.6 Å². The Bertz CT molecular complexity index is 789. The molecular formula is C16H20ClN5. The normalized spacial score (nSPS) is 12.9. The molecule has 22 heavy (non-hydrogen) atoms. The molecule has 0 radical (unpaired) electrons. The highest BCUT2D eigenvalue weighted by Crippen LogP contribution is 2.17. The number of hydrogen-bond acceptors (Lipinski definition) is 3. The molecule has 116 valence electrons. The van der Waals surface area contributed by atoms with Gasteiger partial charge in [0.1, 0.15) is 16.8 Å². The largest absolute Gasteiger partial charge is 0.327 e. The van der Waals surface area contributed by atoms with Crippen molar-refractivity contribution in [3.8, 4) is 0 Å². The molecule has 0 saturated heterocycles. The summed E-state index contributed by atoms with van der Waals surface area (Å²) in [7, 11) is 1.93. The standard InChI is InChI=1S/C16H20ClN5/c1-11(16-19-10-15(17)21(16)3)18-8-9-22-12(2)20-13-6-4-5-7-14(13)22/h4-7,10-11,18H,8-9H2,1-3H3/t11-/m0/s1. The molecule has 2 aromatic heterocycles. The van der Waals surface area contributed by atoms with Gasteiger partial charge in [-0.2, -0.15) is 0 Å². The first-order chi connectivity index (χ1) is 10.6. The number of rotatable bonds is 5. The lowest BCUT2D eigenvalue weighted by atomic mass is 10.3. The Hall–Kier alpha value is -1.85. The molecule has 5 nitrogen and oxygen atoms in total. The molecular weight excluding hydrogens is 298 g/mol. The van der Waals surface area contributed by atoms with Crippen LogP contribution in [0.4, 0.5) is 0 Å². The second-order valence-electron chi connectivity index (χ2n) is 5.47. The molecule has 0 amide bonds. The maximum absolute atomic E-state index is 6.04. The second kappa shape index (κ2) is 6.10. The Balaban J connectivity index is 1.67. The van der Waals surface area contributed by atoms with Crippen LogP contribution in [0.25, 0.3) is 11.0 Å². The van der Waals surface area contributed by atoms with E-state index in [1.54, 1.807) is 6.20 Å². The van der Waals surface area contributed by atoms with Crippen molar-refractivity contribution in [1.29, 1.82) is 0 Å². The van der Waals surface area contributed by atoms with Gasteiger partial charge in [-0.25, -0.2) is 9.97 Å². The summed E-state index contributed by atoms with van der Waals surface area (Å²) in [4.78, 5) is 8.94. The fourth-order valence-corrected chi connectivity index (χ4v) is 2.90. The first-order valence-electron chi connectivity index (χ1n) is 7.40. The molecule has 1 atom stereocenters. The molecule has 2 heterocycles. The summed E-state index contributed by atoms with van der Waals surface area (Å²) in [6.45, 7) is 5.85. The molecule has 0 aliphatic rings. The van der Waals surface area contributed by atoms with E-state index in [1.165, 1.54) is 5.52 Å².